The van der Waals surface area contributed by atoms with Crippen LogP contribution in [0.2, 0.25) is 0 Å². The molecular formula is C18H21NO5. The molecule has 1 aromatic carbocycles. The third-order valence-electron chi connectivity index (χ3n) is 4.56. The van der Waals surface area contributed by atoms with Crippen molar-refractivity contribution < 1.29 is 24.2 Å². The van der Waals surface area contributed by atoms with E-state index < -0.39 is 11.9 Å². The van der Waals surface area contributed by atoms with Crippen molar-refractivity contribution in [2.24, 2.45) is 11.8 Å². The molecule has 2 N–H and O–H groups in total. The third kappa shape index (κ3) is 3.76. The van der Waals surface area contributed by atoms with Gasteiger partial charge in [0.2, 0.25) is 0 Å². The van der Waals surface area contributed by atoms with Gasteiger partial charge in [-0.2, -0.15) is 0 Å². The molecule has 3 rings (SSSR count). The van der Waals surface area contributed by atoms with Gasteiger partial charge in [0, 0.05) is 25.3 Å². The van der Waals surface area contributed by atoms with Crippen molar-refractivity contribution >= 4 is 18.0 Å². The lowest BCUT2D eigenvalue weighted by molar-refractivity contribution is -0.144. The number of nitrogens with one attached hydrogen (secondary N) is 1. The molecule has 128 valence electrons. The first-order chi connectivity index (χ1) is 11.6. The molecule has 2 aliphatic heterocycles. The second kappa shape index (κ2) is 7.49. The highest BCUT2D eigenvalue weighted by molar-refractivity contribution is 5.99. The Labute approximate surface area is 140 Å². The fourth-order valence-corrected chi connectivity index (χ4v) is 3.14. The summed E-state index contributed by atoms with van der Waals surface area (Å²) in [5, 5.41) is 12.2. The standard InChI is InChI=1S/C18H21NO5/c20-17(14-9-13-3-1-2-4-16(13)24-11-14)19-10-15(18(21)22)12-5-7-23-8-6-12/h1-4,9,12,15H,5-8,10-11H2,(H,19,20)(H,21,22). The van der Waals surface area contributed by atoms with E-state index in [1.54, 1.807) is 6.08 Å². The van der Waals surface area contributed by atoms with E-state index >= 15 is 0 Å². The molecule has 1 atom stereocenters. The van der Waals surface area contributed by atoms with Crippen LogP contribution in [-0.4, -0.2) is 43.3 Å². The maximum Gasteiger partial charge on any atom is 0.308 e. The largest absolute Gasteiger partial charge is 0.488 e. The smallest absolute Gasteiger partial charge is 0.308 e. The number of fused-ring (bicyclic) bond motifs is 1. The fourth-order valence-electron chi connectivity index (χ4n) is 3.14. The Kier molecular flexibility index (Phi) is 5.15. The van der Waals surface area contributed by atoms with Crippen molar-refractivity contribution in [2.45, 2.75) is 12.8 Å². The lowest BCUT2D eigenvalue weighted by Gasteiger charge is -2.28. The molecule has 24 heavy (non-hydrogen) atoms. The molecule has 0 aromatic heterocycles. The second-order valence-corrected chi connectivity index (χ2v) is 6.10. The minimum atomic E-state index is -0.874. The summed E-state index contributed by atoms with van der Waals surface area (Å²) in [6.07, 6.45) is 3.22. The summed E-state index contributed by atoms with van der Waals surface area (Å²) in [6.45, 7) is 1.48. The molecule has 0 aliphatic carbocycles. The van der Waals surface area contributed by atoms with Gasteiger partial charge in [-0.3, -0.25) is 9.59 Å². The fraction of sp³-hybridized carbons (Fsp3) is 0.444. The van der Waals surface area contributed by atoms with Crippen LogP contribution in [0.3, 0.4) is 0 Å². The lowest BCUT2D eigenvalue weighted by atomic mass is 9.86. The van der Waals surface area contributed by atoms with Crippen molar-refractivity contribution in [1.29, 1.82) is 0 Å². The Morgan fingerprint density at radius 1 is 1.25 bits per heavy atom. The first-order valence-corrected chi connectivity index (χ1v) is 8.16. The zero-order valence-electron chi connectivity index (χ0n) is 13.4. The molecule has 1 unspecified atom stereocenters. The number of carbonyl (C=O) groups excluding carboxylic acids is 1. The Bertz CT molecular complexity index is 649. The number of hydrogen-bond donors (Lipinski definition) is 2. The number of ether oxygens (including phenoxy) is 2. The van der Waals surface area contributed by atoms with Crippen molar-refractivity contribution in [3.8, 4) is 5.75 Å². The van der Waals surface area contributed by atoms with Crippen LogP contribution in [-0.2, 0) is 14.3 Å². The van der Waals surface area contributed by atoms with Crippen molar-refractivity contribution in [1.82, 2.24) is 5.32 Å². The van der Waals surface area contributed by atoms with Crippen LogP contribution in [0.5, 0.6) is 5.75 Å². The van der Waals surface area contributed by atoms with E-state index in [9.17, 15) is 14.7 Å². The van der Waals surface area contributed by atoms with E-state index in [-0.39, 0.29) is 25.0 Å². The van der Waals surface area contributed by atoms with Gasteiger partial charge in [0.05, 0.1) is 11.5 Å². The van der Waals surface area contributed by atoms with E-state index in [0.717, 1.165) is 11.3 Å². The summed E-state index contributed by atoms with van der Waals surface area (Å²) in [5.41, 5.74) is 1.36. The van der Waals surface area contributed by atoms with E-state index in [1.165, 1.54) is 0 Å². The zero-order valence-corrected chi connectivity index (χ0v) is 13.4. The summed E-state index contributed by atoms with van der Waals surface area (Å²) in [6, 6.07) is 7.49. The first-order valence-electron chi connectivity index (χ1n) is 8.16. The Balaban J connectivity index is 1.62. The Morgan fingerprint density at radius 2 is 2.00 bits per heavy atom. The van der Waals surface area contributed by atoms with Crippen LogP contribution in [0.15, 0.2) is 29.8 Å². The van der Waals surface area contributed by atoms with Crippen LogP contribution in [0.4, 0.5) is 0 Å². The second-order valence-electron chi connectivity index (χ2n) is 6.10. The zero-order chi connectivity index (χ0) is 16.9. The van der Waals surface area contributed by atoms with Gasteiger partial charge in [0.1, 0.15) is 12.4 Å². The van der Waals surface area contributed by atoms with Gasteiger partial charge >= 0.3 is 5.97 Å². The number of hydrogen-bond acceptors (Lipinski definition) is 4. The van der Waals surface area contributed by atoms with Crippen LogP contribution in [0, 0.1) is 11.8 Å². The average Bonchev–Trinajstić information content (AvgIpc) is 2.62. The van der Waals surface area contributed by atoms with Crippen LogP contribution in [0.25, 0.3) is 6.08 Å². The molecule has 6 heteroatoms. The number of carbonyl (C=O) groups is 2. The maximum atomic E-state index is 12.3. The molecule has 0 saturated carbocycles. The maximum absolute atomic E-state index is 12.3. The lowest BCUT2D eigenvalue weighted by Crippen LogP contribution is -2.40. The first kappa shape index (κ1) is 16.5. The monoisotopic (exact) mass is 331 g/mol. The molecule has 2 aliphatic rings. The van der Waals surface area contributed by atoms with Crippen LogP contribution in [0.1, 0.15) is 18.4 Å². The number of rotatable bonds is 5. The number of amides is 1. The van der Waals surface area contributed by atoms with Crippen molar-refractivity contribution in [3.05, 3.63) is 35.4 Å². The Morgan fingerprint density at radius 3 is 2.75 bits per heavy atom. The molecule has 1 aromatic rings. The van der Waals surface area contributed by atoms with E-state index in [0.29, 0.717) is 31.6 Å². The predicted molar refractivity (Wildman–Crippen MR) is 87.6 cm³/mol. The summed E-state index contributed by atoms with van der Waals surface area (Å²) in [4.78, 5) is 23.9. The van der Waals surface area contributed by atoms with Gasteiger partial charge < -0.3 is 19.9 Å². The van der Waals surface area contributed by atoms with Gasteiger partial charge in [-0.15, -0.1) is 0 Å². The Hall–Kier alpha value is -2.34. The minimum Gasteiger partial charge on any atom is -0.488 e. The highest BCUT2D eigenvalue weighted by Gasteiger charge is 2.30. The average molecular weight is 331 g/mol. The predicted octanol–water partition coefficient (Wildman–Crippen LogP) is 1.71. The van der Waals surface area contributed by atoms with Gasteiger partial charge in [0.25, 0.3) is 5.91 Å². The van der Waals surface area contributed by atoms with Crippen molar-refractivity contribution in [3.63, 3.8) is 0 Å². The molecule has 2 heterocycles. The molecule has 1 amide bonds. The minimum absolute atomic E-state index is 0.0360. The van der Waals surface area contributed by atoms with Gasteiger partial charge in [0.15, 0.2) is 0 Å². The van der Waals surface area contributed by atoms with E-state index in [4.69, 9.17) is 9.47 Å². The number of aliphatic carboxylic acids is 1. The van der Waals surface area contributed by atoms with E-state index in [2.05, 4.69) is 5.32 Å². The molecule has 0 bridgehead atoms. The number of carboxylic acid groups (broad SMARTS) is 1. The van der Waals surface area contributed by atoms with Gasteiger partial charge in [-0.05, 0) is 30.9 Å². The highest BCUT2D eigenvalue weighted by atomic mass is 16.5. The summed E-state index contributed by atoms with van der Waals surface area (Å²) >= 11 is 0. The summed E-state index contributed by atoms with van der Waals surface area (Å²) in [5.74, 6) is -0.951. The molecule has 1 fully saturated rings. The van der Waals surface area contributed by atoms with Crippen LogP contribution >= 0.6 is 0 Å². The number of carboxylic acids is 1. The molecule has 6 nitrogen and oxygen atoms in total. The molecule has 0 radical (unpaired) electrons. The third-order valence-corrected chi connectivity index (χ3v) is 4.56. The van der Waals surface area contributed by atoms with E-state index in [1.807, 2.05) is 24.3 Å². The molecule has 0 spiro atoms. The summed E-state index contributed by atoms with van der Waals surface area (Å²) in [7, 11) is 0. The van der Waals surface area contributed by atoms with Crippen LogP contribution < -0.4 is 10.1 Å². The molecular weight excluding hydrogens is 310 g/mol. The highest BCUT2D eigenvalue weighted by Crippen LogP contribution is 2.26. The van der Waals surface area contributed by atoms with Gasteiger partial charge in [-0.1, -0.05) is 18.2 Å². The normalized spacial score (nSPS) is 18.8. The summed E-state index contributed by atoms with van der Waals surface area (Å²) < 4.78 is 10.8. The van der Waals surface area contributed by atoms with Crippen molar-refractivity contribution in [2.75, 3.05) is 26.4 Å². The quantitative estimate of drug-likeness (QED) is 0.858. The molecule has 1 saturated heterocycles. The number of benzene rings is 1. The topological polar surface area (TPSA) is 84.9 Å². The number of para-hydroxylation sites is 1. The van der Waals surface area contributed by atoms with Gasteiger partial charge in [-0.25, -0.2) is 0 Å². The SMILES string of the molecule is O=C(NCC(C(=O)O)C1CCOCC1)C1=Cc2ccccc2OC1.